The van der Waals surface area contributed by atoms with Gasteiger partial charge in [-0.05, 0) is 48.5 Å². The molecule has 174 valence electrons. The molecule has 1 saturated heterocycles. The lowest BCUT2D eigenvalue weighted by Gasteiger charge is -2.13. The smallest absolute Gasteiger partial charge is 0.363 e. The van der Waals surface area contributed by atoms with Crippen LogP contribution in [0.15, 0.2) is 72.8 Å². The molecule has 10 heteroatoms. The number of carbonyl (C=O) groups excluding carboxylic acids is 3. The highest BCUT2D eigenvalue weighted by Gasteiger charge is 2.33. The molecule has 0 bridgehead atoms. The van der Waals surface area contributed by atoms with Crippen LogP contribution in [0.4, 0.5) is 0 Å². The predicted molar refractivity (Wildman–Crippen MR) is 122 cm³/mol. The van der Waals surface area contributed by atoms with Crippen LogP contribution in [0.25, 0.3) is 28.5 Å². The Morgan fingerprint density at radius 3 is 1.97 bits per heavy atom. The predicted octanol–water partition coefficient (Wildman–Crippen LogP) is 3.23. The zero-order valence-corrected chi connectivity index (χ0v) is 18.2. The Kier molecular flexibility index (Phi) is 5.46. The van der Waals surface area contributed by atoms with Crippen LogP contribution in [0.3, 0.4) is 0 Å². The van der Waals surface area contributed by atoms with Crippen molar-refractivity contribution in [2.45, 2.75) is 12.8 Å². The first-order chi connectivity index (χ1) is 16.9. The van der Waals surface area contributed by atoms with Crippen LogP contribution in [-0.2, 0) is 14.4 Å². The van der Waals surface area contributed by atoms with Crippen molar-refractivity contribution in [3.63, 3.8) is 0 Å². The number of hydrogen-bond acceptors (Lipinski definition) is 8. The van der Waals surface area contributed by atoms with Crippen molar-refractivity contribution in [1.82, 2.24) is 19.8 Å². The van der Waals surface area contributed by atoms with Crippen LogP contribution < -0.4 is 0 Å². The van der Waals surface area contributed by atoms with E-state index in [-0.39, 0.29) is 35.7 Å². The van der Waals surface area contributed by atoms with Crippen LogP contribution in [0.5, 0.6) is 11.5 Å². The number of benzene rings is 3. The van der Waals surface area contributed by atoms with E-state index in [0.29, 0.717) is 27.7 Å². The number of aromatic hydroxyl groups is 2. The number of amides is 2. The molecule has 2 N–H and O–H groups in total. The summed E-state index contributed by atoms with van der Waals surface area (Å²) in [6, 6.07) is 19.3. The van der Waals surface area contributed by atoms with E-state index in [1.807, 2.05) is 0 Å². The first-order valence-electron chi connectivity index (χ1n) is 10.6. The van der Waals surface area contributed by atoms with Gasteiger partial charge in [-0.15, -0.1) is 10.2 Å². The summed E-state index contributed by atoms with van der Waals surface area (Å²) in [5, 5.41) is 25.7. The highest BCUT2D eigenvalue weighted by atomic mass is 16.7. The van der Waals surface area contributed by atoms with Gasteiger partial charge in [0, 0.05) is 12.8 Å². The van der Waals surface area contributed by atoms with Crippen LogP contribution >= 0.6 is 0 Å². The molecule has 2 heterocycles. The van der Waals surface area contributed by atoms with Gasteiger partial charge >= 0.3 is 5.97 Å². The number of rotatable bonds is 5. The fraction of sp³-hybridized carbons (Fsp3) is 0.0800. The summed E-state index contributed by atoms with van der Waals surface area (Å²) >= 11 is 0. The molecule has 0 atom stereocenters. The second-order valence-corrected chi connectivity index (χ2v) is 7.71. The average molecular weight is 470 g/mol. The summed E-state index contributed by atoms with van der Waals surface area (Å²) in [6.45, 7) is 0. The van der Waals surface area contributed by atoms with Crippen LogP contribution in [0, 0.1) is 0 Å². The molecule has 0 unspecified atom stereocenters. The van der Waals surface area contributed by atoms with E-state index in [1.54, 1.807) is 48.5 Å². The van der Waals surface area contributed by atoms with Gasteiger partial charge in [-0.25, -0.2) is 14.5 Å². The van der Waals surface area contributed by atoms with E-state index >= 15 is 0 Å². The first-order valence-corrected chi connectivity index (χ1v) is 10.6. The average Bonchev–Trinajstić information content (AvgIpc) is 3.44. The van der Waals surface area contributed by atoms with Crippen molar-refractivity contribution in [3.8, 4) is 40.0 Å². The SMILES string of the molecule is O=C(ON1C(=O)CCC1=O)c1ccc(-n2nc(-c3ccccc3O)nc2-c2ccccc2O)cc1. The van der Waals surface area contributed by atoms with E-state index in [9.17, 15) is 24.6 Å². The molecule has 4 aromatic rings. The van der Waals surface area contributed by atoms with Crippen LogP contribution in [0.1, 0.15) is 23.2 Å². The van der Waals surface area contributed by atoms with Gasteiger partial charge < -0.3 is 15.1 Å². The Bertz CT molecular complexity index is 1450. The Morgan fingerprint density at radius 2 is 1.37 bits per heavy atom. The summed E-state index contributed by atoms with van der Waals surface area (Å²) in [7, 11) is 0. The number of imide groups is 1. The quantitative estimate of drug-likeness (QED) is 0.425. The molecule has 3 aromatic carbocycles. The normalized spacial score (nSPS) is 13.3. The van der Waals surface area contributed by atoms with Crippen molar-refractivity contribution in [3.05, 3.63) is 78.4 Å². The summed E-state index contributed by atoms with van der Waals surface area (Å²) in [5.41, 5.74) is 1.44. The maximum absolute atomic E-state index is 12.4. The van der Waals surface area contributed by atoms with E-state index in [2.05, 4.69) is 10.1 Å². The molecule has 0 saturated carbocycles. The number of aromatic nitrogens is 3. The molecule has 1 aliphatic rings. The Labute approximate surface area is 198 Å². The standard InChI is InChI=1S/C25H18N4O6/c30-19-7-3-1-5-17(19)23-26-24(18-6-2-4-8-20(18)31)28(27-23)16-11-9-15(10-12-16)25(34)35-29-21(32)13-14-22(29)33/h1-12,30-31H,13-14H2. The summed E-state index contributed by atoms with van der Waals surface area (Å²) in [6.07, 6.45) is 0.0114. The van der Waals surface area contributed by atoms with E-state index < -0.39 is 17.8 Å². The zero-order chi connectivity index (χ0) is 24.5. The van der Waals surface area contributed by atoms with Gasteiger partial charge in [0.25, 0.3) is 11.8 Å². The van der Waals surface area contributed by atoms with E-state index in [1.165, 1.54) is 28.9 Å². The maximum Gasteiger partial charge on any atom is 0.363 e. The largest absolute Gasteiger partial charge is 0.507 e. The van der Waals surface area contributed by atoms with Gasteiger partial charge in [0.15, 0.2) is 11.6 Å². The number of hydrogen-bond donors (Lipinski definition) is 2. The number of para-hydroxylation sites is 2. The Balaban J connectivity index is 1.52. The van der Waals surface area contributed by atoms with Crippen molar-refractivity contribution < 1.29 is 29.4 Å². The van der Waals surface area contributed by atoms with Crippen molar-refractivity contribution in [1.29, 1.82) is 0 Å². The molecule has 1 fully saturated rings. The van der Waals surface area contributed by atoms with Crippen molar-refractivity contribution in [2.24, 2.45) is 0 Å². The molecule has 5 rings (SSSR count). The minimum atomic E-state index is -0.852. The van der Waals surface area contributed by atoms with Gasteiger partial charge in [0.1, 0.15) is 11.5 Å². The molecule has 2 amide bonds. The summed E-state index contributed by atoms with van der Waals surface area (Å²) in [5.74, 6) is -1.45. The van der Waals surface area contributed by atoms with Gasteiger partial charge in [0.2, 0.25) is 0 Å². The van der Waals surface area contributed by atoms with Gasteiger partial charge in [0.05, 0.1) is 22.4 Å². The lowest BCUT2D eigenvalue weighted by molar-refractivity contribution is -0.172. The highest BCUT2D eigenvalue weighted by molar-refractivity contribution is 6.02. The second kappa shape index (κ2) is 8.75. The maximum atomic E-state index is 12.4. The molecule has 35 heavy (non-hydrogen) atoms. The van der Waals surface area contributed by atoms with Crippen molar-refractivity contribution in [2.75, 3.05) is 0 Å². The fourth-order valence-electron chi connectivity index (χ4n) is 3.64. The number of hydroxylamine groups is 2. The third kappa shape index (κ3) is 4.08. The Morgan fingerprint density at radius 1 is 0.800 bits per heavy atom. The molecular formula is C25H18N4O6. The lowest BCUT2D eigenvalue weighted by Crippen LogP contribution is -2.32. The minimum absolute atomic E-state index is 0.00224. The third-order valence-electron chi connectivity index (χ3n) is 5.42. The topological polar surface area (TPSA) is 135 Å². The molecular weight excluding hydrogens is 452 g/mol. The number of phenolic OH excluding ortho intramolecular Hbond substituents is 2. The molecule has 0 radical (unpaired) electrons. The Hall–Kier alpha value is -4.99. The first kappa shape index (κ1) is 21.8. The van der Waals surface area contributed by atoms with E-state index in [4.69, 9.17) is 4.84 Å². The van der Waals surface area contributed by atoms with Gasteiger partial charge in [-0.2, -0.15) is 0 Å². The van der Waals surface area contributed by atoms with Crippen molar-refractivity contribution >= 4 is 17.8 Å². The van der Waals surface area contributed by atoms with E-state index in [0.717, 1.165) is 0 Å². The number of phenols is 2. The third-order valence-corrected chi connectivity index (χ3v) is 5.42. The monoisotopic (exact) mass is 470 g/mol. The zero-order valence-electron chi connectivity index (χ0n) is 18.2. The number of carbonyl (C=O) groups is 3. The van der Waals surface area contributed by atoms with Gasteiger partial charge in [-0.1, -0.05) is 24.3 Å². The number of nitrogens with zero attached hydrogens (tertiary/aromatic N) is 4. The molecule has 0 spiro atoms. The minimum Gasteiger partial charge on any atom is -0.507 e. The summed E-state index contributed by atoms with van der Waals surface area (Å²) in [4.78, 5) is 45.3. The lowest BCUT2D eigenvalue weighted by atomic mass is 10.1. The molecule has 1 aliphatic heterocycles. The van der Waals surface area contributed by atoms with Crippen LogP contribution in [0.2, 0.25) is 0 Å². The van der Waals surface area contributed by atoms with Gasteiger partial charge in [-0.3, -0.25) is 9.59 Å². The molecule has 0 aliphatic carbocycles. The summed E-state index contributed by atoms with van der Waals surface area (Å²) < 4.78 is 1.47. The molecule has 1 aromatic heterocycles. The fourth-order valence-corrected chi connectivity index (χ4v) is 3.64. The highest BCUT2D eigenvalue weighted by Crippen LogP contribution is 2.33. The second-order valence-electron chi connectivity index (χ2n) is 7.71. The van der Waals surface area contributed by atoms with Crippen LogP contribution in [-0.4, -0.2) is 47.8 Å². The molecule has 10 nitrogen and oxygen atoms in total.